The van der Waals surface area contributed by atoms with E-state index in [1.165, 1.54) is 6.42 Å². The molecule has 1 fully saturated rings. The number of anilines is 1. The van der Waals surface area contributed by atoms with Crippen molar-refractivity contribution in [2.45, 2.75) is 31.8 Å². The number of para-hydroxylation sites is 2. The zero-order chi connectivity index (χ0) is 17.5. The summed E-state index contributed by atoms with van der Waals surface area (Å²) in [5.74, 6) is 0.577. The third kappa shape index (κ3) is 5.48. The van der Waals surface area contributed by atoms with E-state index in [1.54, 1.807) is 12.1 Å². The van der Waals surface area contributed by atoms with Crippen LogP contribution in [0.25, 0.3) is 0 Å². The molecular formula is C20H22ClNO3. The molecule has 1 unspecified atom stereocenters. The van der Waals surface area contributed by atoms with Gasteiger partial charge in [-0.15, -0.1) is 0 Å². The number of halogens is 1. The summed E-state index contributed by atoms with van der Waals surface area (Å²) in [6.07, 6.45) is 3.73. The van der Waals surface area contributed by atoms with Gasteiger partial charge in [0.15, 0.2) is 0 Å². The second-order valence-electron chi connectivity index (χ2n) is 6.15. The number of nitrogens with one attached hydrogen (secondary N) is 1. The lowest BCUT2D eigenvalue weighted by molar-refractivity contribution is -0.115. The second-order valence-corrected chi connectivity index (χ2v) is 6.58. The summed E-state index contributed by atoms with van der Waals surface area (Å²) in [5.41, 5.74) is 1.59. The number of carbonyl (C=O) groups is 1. The fourth-order valence-electron chi connectivity index (χ4n) is 2.80. The van der Waals surface area contributed by atoms with Crippen LogP contribution in [0.2, 0.25) is 5.02 Å². The van der Waals surface area contributed by atoms with E-state index < -0.39 is 0 Å². The Hall–Kier alpha value is -2.04. The molecule has 25 heavy (non-hydrogen) atoms. The summed E-state index contributed by atoms with van der Waals surface area (Å²) in [7, 11) is 0. The van der Waals surface area contributed by atoms with Crippen LogP contribution in [0.5, 0.6) is 5.75 Å². The van der Waals surface area contributed by atoms with Crippen LogP contribution in [-0.4, -0.2) is 25.2 Å². The average Bonchev–Trinajstić information content (AvgIpc) is 2.64. The summed E-state index contributed by atoms with van der Waals surface area (Å²) in [6.45, 7) is 1.30. The first-order valence-electron chi connectivity index (χ1n) is 8.58. The van der Waals surface area contributed by atoms with Crippen LogP contribution in [0.15, 0.2) is 48.5 Å². The third-order valence-corrected chi connectivity index (χ3v) is 4.39. The number of carbonyl (C=O) groups excluding carboxylic acids is 1. The summed E-state index contributed by atoms with van der Waals surface area (Å²) >= 11 is 5.87. The Labute approximate surface area is 153 Å². The number of hydrogen-bond acceptors (Lipinski definition) is 3. The van der Waals surface area contributed by atoms with Crippen molar-refractivity contribution in [2.75, 3.05) is 18.5 Å². The van der Waals surface area contributed by atoms with Crippen molar-refractivity contribution < 1.29 is 14.3 Å². The predicted octanol–water partition coefficient (Wildman–Crippen LogP) is 4.47. The van der Waals surface area contributed by atoms with Gasteiger partial charge in [-0.1, -0.05) is 35.9 Å². The molecule has 2 aromatic carbocycles. The van der Waals surface area contributed by atoms with Gasteiger partial charge in [-0.3, -0.25) is 4.79 Å². The van der Waals surface area contributed by atoms with Gasteiger partial charge in [0.2, 0.25) is 5.91 Å². The molecule has 0 saturated carbocycles. The summed E-state index contributed by atoms with van der Waals surface area (Å²) in [4.78, 5) is 12.3. The first-order chi connectivity index (χ1) is 12.2. The van der Waals surface area contributed by atoms with Crippen molar-refractivity contribution in [3.63, 3.8) is 0 Å². The maximum atomic E-state index is 12.3. The highest BCUT2D eigenvalue weighted by Gasteiger charge is 2.15. The Morgan fingerprint density at radius 3 is 2.72 bits per heavy atom. The molecule has 3 rings (SSSR count). The molecule has 1 amide bonds. The van der Waals surface area contributed by atoms with Crippen LogP contribution < -0.4 is 10.1 Å². The molecule has 132 valence electrons. The average molecular weight is 360 g/mol. The molecule has 0 spiro atoms. The molecule has 0 aliphatic carbocycles. The molecule has 0 aromatic heterocycles. The minimum absolute atomic E-state index is 0.0905. The largest absolute Gasteiger partial charge is 0.489 e. The molecular weight excluding hydrogens is 338 g/mol. The number of ether oxygens (including phenoxy) is 2. The van der Waals surface area contributed by atoms with Crippen molar-refractivity contribution >= 4 is 23.2 Å². The summed E-state index contributed by atoms with van der Waals surface area (Å²) < 4.78 is 11.6. The summed E-state index contributed by atoms with van der Waals surface area (Å²) in [5, 5.41) is 3.58. The lowest BCUT2D eigenvalue weighted by Gasteiger charge is -2.23. The Balaban J connectivity index is 1.57. The van der Waals surface area contributed by atoms with E-state index in [4.69, 9.17) is 21.1 Å². The second kappa shape index (κ2) is 8.88. The fraction of sp³-hybridized carbons (Fsp3) is 0.350. The van der Waals surface area contributed by atoms with Gasteiger partial charge in [0.25, 0.3) is 0 Å². The lowest BCUT2D eigenvalue weighted by atomic mass is 10.1. The van der Waals surface area contributed by atoms with Gasteiger partial charge in [0, 0.05) is 11.6 Å². The molecule has 1 aliphatic heterocycles. The van der Waals surface area contributed by atoms with E-state index in [2.05, 4.69) is 5.32 Å². The maximum Gasteiger partial charge on any atom is 0.228 e. The van der Waals surface area contributed by atoms with E-state index in [0.29, 0.717) is 23.1 Å². The highest BCUT2D eigenvalue weighted by molar-refractivity contribution is 6.30. The zero-order valence-electron chi connectivity index (χ0n) is 14.0. The molecule has 5 heteroatoms. The Kier molecular flexibility index (Phi) is 6.31. The minimum atomic E-state index is -0.0905. The van der Waals surface area contributed by atoms with E-state index in [1.807, 2.05) is 36.4 Å². The van der Waals surface area contributed by atoms with Crippen molar-refractivity contribution in [3.05, 3.63) is 59.1 Å². The number of benzene rings is 2. The minimum Gasteiger partial charge on any atom is -0.489 e. The van der Waals surface area contributed by atoms with E-state index >= 15 is 0 Å². The first-order valence-corrected chi connectivity index (χ1v) is 8.96. The lowest BCUT2D eigenvalue weighted by Crippen LogP contribution is -2.26. The van der Waals surface area contributed by atoms with Crippen molar-refractivity contribution in [3.8, 4) is 5.75 Å². The van der Waals surface area contributed by atoms with Gasteiger partial charge in [-0.25, -0.2) is 0 Å². The Bertz CT molecular complexity index is 696. The Morgan fingerprint density at radius 2 is 1.96 bits per heavy atom. The van der Waals surface area contributed by atoms with Gasteiger partial charge < -0.3 is 14.8 Å². The van der Waals surface area contributed by atoms with Gasteiger partial charge >= 0.3 is 0 Å². The van der Waals surface area contributed by atoms with Gasteiger partial charge in [-0.2, -0.15) is 0 Å². The van der Waals surface area contributed by atoms with E-state index in [0.717, 1.165) is 25.0 Å². The molecule has 1 atom stereocenters. The van der Waals surface area contributed by atoms with Crippen LogP contribution in [0.3, 0.4) is 0 Å². The molecule has 4 nitrogen and oxygen atoms in total. The number of rotatable bonds is 6. The highest BCUT2D eigenvalue weighted by atomic mass is 35.5. The summed E-state index contributed by atoms with van der Waals surface area (Å²) in [6, 6.07) is 14.7. The molecule has 0 bridgehead atoms. The molecule has 1 saturated heterocycles. The van der Waals surface area contributed by atoms with Gasteiger partial charge in [-0.05, 0) is 49.1 Å². The van der Waals surface area contributed by atoms with Gasteiger partial charge in [0.1, 0.15) is 12.4 Å². The highest BCUT2D eigenvalue weighted by Crippen LogP contribution is 2.25. The van der Waals surface area contributed by atoms with Crippen LogP contribution in [0, 0.1) is 0 Å². The van der Waals surface area contributed by atoms with E-state index in [-0.39, 0.29) is 18.4 Å². The maximum absolute atomic E-state index is 12.3. The fourth-order valence-corrected chi connectivity index (χ4v) is 2.93. The molecule has 2 aromatic rings. The Morgan fingerprint density at radius 1 is 1.16 bits per heavy atom. The monoisotopic (exact) mass is 359 g/mol. The SMILES string of the molecule is O=C(Cc1ccc(Cl)cc1)Nc1ccccc1OCC1CCCCO1. The molecule has 1 heterocycles. The number of hydrogen-bond donors (Lipinski definition) is 1. The van der Waals surface area contributed by atoms with Crippen LogP contribution in [0.1, 0.15) is 24.8 Å². The topological polar surface area (TPSA) is 47.6 Å². The molecule has 1 N–H and O–H groups in total. The van der Waals surface area contributed by atoms with Gasteiger partial charge in [0.05, 0.1) is 18.2 Å². The van der Waals surface area contributed by atoms with E-state index in [9.17, 15) is 4.79 Å². The van der Waals surface area contributed by atoms with Crippen LogP contribution >= 0.6 is 11.6 Å². The van der Waals surface area contributed by atoms with Crippen molar-refractivity contribution in [1.29, 1.82) is 0 Å². The van der Waals surface area contributed by atoms with Crippen molar-refractivity contribution in [1.82, 2.24) is 0 Å². The van der Waals surface area contributed by atoms with Crippen molar-refractivity contribution in [2.24, 2.45) is 0 Å². The predicted molar refractivity (Wildman–Crippen MR) is 99.3 cm³/mol. The normalized spacial score (nSPS) is 17.1. The van der Waals surface area contributed by atoms with Crippen LogP contribution in [0.4, 0.5) is 5.69 Å². The smallest absolute Gasteiger partial charge is 0.228 e. The first kappa shape index (κ1) is 17.8. The van der Waals surface area contributed by atoms with Crippen LogP contribution in [-0.2, 0) is 16.0 Å². The molecule has 1 aliphatic rings. The number of amides is 1. The third-order valence-electron chi connectivity index (χ3n) is 4.14. The standard InChI is InChI=1S/C20H22ClNO3/c21-16-10-8-15(9-11-16)13-20(23)22-18-6-1-2-7-19(18)25-14-17-5-3-4-12-24-17/h1-2,6-11,17H,3-5,12-14H2,(H,22,23). The zero-order valence-corrected chi connectivity index (χ0v) is 14.8. The quantitative estimate of drug-likeness (QED) is 0.827. The molecule has 0 radical (unpaired) electrons.